The molecule has 0 atom stereocenters. The summed E-state index contributed by atoms with van der Waals surface area (Å²) >= 11 is 5.75. The van der Waals surface area contributed by atoms with E-state index in [9.17, 15) is 9.59 Å². The Bertz CT molecular complexity index is 723. The highest BCUT2D eigenvalue weighted by molar-refractivity contribution is 6.30. The molecule has 0 aliphatic heterocycles. The van der Waals surface area contributed by atoms with Crippen LogP contribution >= 0.6 is 11.6 Å². The topological polar surface area (TPSA) is 73.2 Å². The van der Waals surface area contributed by atoms with Crippen molar-refractivity contribution in [3.05, 3.63) is 46.4 Å². The van der Waals surface area contributed by atoms with Gasteiger partial charge in [-0.3, -0.25) is 4.79 Å². The van der Waals surface area contributed by atoms with Crippen LogP contribution in [0.4, 0.5) is 5.82 Å². The number of nitrogens with zero attached hydrogens (tertiary/aromatic N) is 2. The molecule has 1 amide bonds. The molecule has 0 bridgehead atoms. The van der Waals surface area contributed by atoms with Gasteiger partial charge in [-0.1, -0.05) is 11.6 Å². The van der Waals surface area contributed by atoms with Crippen LogP contribution in [0, 0.1) is 13.8 Å². The number of pyridine rings is 1. The van der Waals surface area contributed by atoms with Gasteiger partial charge < -0.3 is 14.6 Å². The molecule has 0 aliphatic rings. The fourth-order valence-corrected chi connectivity index (χ4v) is 2.35. The van der Waals surface area contributed by atoms with Gasteiger partial charge in [0.05, 0.1) is 17.2 Å². The van der Waals surface area contributed by atoms with E-state index < -0.39 is 0 Å². The van der Waals surface area contributed by atoms with Gasteiger partial charge in [-0.2, -0.15) is 0 Å². The first-order valence-corrected chi connectivity index (χ1v) is 7.55. The molecule has 122 valence electrons. The van der Waals surface area contributed by atoms with Crippen molar-refractivity contribution in [2.24, 2.45) is 0 Å². The number of amides is 1. The lowest BCUT2D eigenvalue weighted by Gasteiger charge is -2.10. The minimum atomic E-state index is -0.383. The summed E-state index contributed by atoms with van der Waals surface area (Å²) in [6, 6.07) is 5.00. The number of anilines is 1. The summed E-state index contributed by atoms with van der Waals surface area (Å²) in [6.07, 6.45) is 1.46. The fourth-order valence-electron chi connectivity index (χ4n) is 2.24. The molecular formula is C16H18ClN3O3. The average molecular weight is 336 g/mol. The monoisotopic (exact) mass is 335 g/mol. The molecule has 0 saturated carbocycles. The second-order valence-electron chi connectivity index (χ2n) is 5.00. The Balaban J connectivity index is 2.11. The van der Waals surface area contributed by atoms with E-state index in [1.807, 2.05) is 6.92 Å². The predicted octanol–water partition coefficient (Wildman–Crippen LogP) is 2.97. The molecule has 0 unspecified atom stereocenters. The normalized spacial score (nSPS) is 10.4. The Morgan fingerprint density at radius 3 is 2.70 bits per heavy atom. The highest BCUT2D eigenvalue weighted by Gasteiger charge is 2.18. The third-order valence-corrected chi connectivity index (χ3v) is 3.59. The molecular weight excluding hydrogens is 318 g/mol. The fraction of sp³-hybridized carbons (Fsp3) is 0.312. The molecule has 0 radical (unpaired) electrons. The SMILES string of the molecule is CCOC(=O)c1cc(C)n(CC(=O)Nc2ccc(Cl)cn2)c1C. The van der Waals surface area contributed by atoms with E-state index in [4.69, 9.17) is 16.3 Å². The lowest BCUT2D eigenvalue weighted by Crippen LogP contribution is -2.21. The van der Waals surface area contributed by atoms with Gasteiger partial charge in [0.1, 0.15) is 12.4 Å². The van der Waals surface area contributed by atoms with Crippen LogP contribution in [0.3, 0.4) is 0 Å². The van der Waals surface area contributed by atoms with Gasteiger partial charge in [-0.25, -0.2) is 9.78 Å². The maximum Gasteiger partial charge on any atom is 0.339 e. The summed E-state index contributed by atoms with van der Waals surface area (Å²) in [6.45, 7) is 5.77. The molecule has 0 aromatic carbocycles. The minimum absolute atomic E-state index is 0.0847. The Kier molecular flexibility index (Phi) is 5.39. The van der Waals surface area contributed by atoms with Gasteiger partial charge in [0.15, 0.2) is 0 Å². The number of hydrogen-bond donors (Lipinski definition) is 1. The van der Waals surface area contributed by atoms with Gasteiger partial charge in [-0.05, 0) is 39.0 Å². The van der Waals surface area contributed by atoms with E-state index in [0.717, 1.165) is 5.69 Å². The van der Waals surface area contributed by atoms with Crippen molar-refractivity contribution in [3.8, 4) is 0 Å². The molecule has 2 aromatic heterocycles. The predicted molar refractivity (Wildman–Crippen MR) is 87.7 cm³/mol. The summed E-state index contributed by atoms with van der Waals surface area (Å²) in [5.74, 6) is -0.198. The zero-order valence-corrected chi connectivity index (χ0v) is 14.0. The smallest absolute Gasteiger partial charge is 0.339 e. The second-order valence-corrected chi connectivity index (χ2v) is 5.44. The first kappa shape index (κ1) is 17.0. The highest BCUT2D eigenvalue weighted by Crippen LogP contribution is 2.17. The Hall–Kier alpha value is -2.34. The molecule has 23 heavy (non-hydrogen) atoms. The lowest BCUT2D eigenvalue weighted by atomic mass is 10.2. The first-order chi connectivity index (χ1) is 10.9. The summed E-state index contributed by atoms with van der Waals surface area (Å²) in [5, 5.41) is 3.19. The van der Waals surface area contributed by atoms with E-state index >= 15 is 0 Å². The van der Waals surface area contributed by atoms with Crippen LogP contribution in [0.25, 0.3) is 0 Å². The van der Waals surface area contributed by atoms with Crippen molar-refractivity contribution < 1.29 is 14.3 Å². The third-order valence-electron chi connectivity index (χ3n) is 3.37. The number of halogens is 1. The van der Waals surface area contributed by atoms with Crippen molar-refractivity contribution in [3.63, 3.8) is 0 Å². The van der Waals surface area contributed by atoms with Gasteiger partial charge in [0.2, 0.25) is 5.91 Å². The highest BCUT2D eigenvalue weighted by atomic mass is 35.5. The number of carbonyl (C=O) groups excluding carboxylic acids is 2. The lowest BCUT2D eigenvalue weighted by molar-refractivity contribution is -0.116. The number of carbonyl (C=O) groups is 2. The number of aromatic nitrogens is 2. The molecule has 0 saturated heterocycles. The first-order valence-electron chi connectivity index (χ1n) is 7.17. The molecule has 6 nitrogen and oxygen atoms in total. The number of aryl methyl sites for hydroxylation is 1. The van der Waals surface area contributed by atoms with Crippen molar-refractivity contribution in [1.29, 1.82) is 0 Å². The molecule has 2 aromatic rings. The summed E-state index contributed by atoms with van der Waals surface area (Å²) < 4.78 is 6.78. The number of esters is 1. The van der Waals surface area contributed by atoms with Crippen molar-refractivity contribution in [2.45, 2.75) is 27.3 Å². The van der Waals surface area contributed by atoms with E-state index in [1.165, 1.54) is 6.20 Å². The van der Waals surface area contributed by atoms with Crippen LogP contribution in [0.15, 0.2) is 24.4 Å². The van der Waals surface area contributed by atoms with Crippen LogP contribution in [-0.4, -0.2) is 28.0 Å². The standard InChI is InChI=1S/C16H18ClN3O3/c1-4-23-16(22)13-7-10(2)20(11(13)3)9-15(21)19-14-6-5-12(17)8-18-14/h5-8H,4,9H2,1-3H3,(H,18,19,21). The molecule has 7 heteroatoms. The third kappa shape index (κ3) is 4.10. The molecule has 0 fully saturated rings. The number of ether oxygens (including phenoxy) is 1. The Labute approximate surface area is 139 Å². The van der Waals surface area contributed by atoms with E-state index in [1.54, 1.807) is 36.6 Å². The minimum Gasteiger partial charge on any atom is -0.462 e. The largest absolute Gasteiger partial charge is 0.462 e. The van der Waals surface area contributed by atoms with Gasteiger partial charge in [0, 0.05) is 17.6 Å². The van der Waals surface area contributed by atoms with Gasteiger partial charge in [-0.15, -0.1) is 0 Å². The van der Waals surface area contributed by atoms with Crippen LogP contribution in [0.2, 0.25) is 5.02 Å². The Morgan fingerprint density at radius 2 is 2.09 bits per heavy atom. The van der Waals surface area contributed by atoms with E-state index in [-0.39, 0.29) is 18.4 Å². The van der Waals surface area contributed by atoms with Gasteiger partial charge >= 0.3 is 5.97 Å². The van der Waals surface area contributed by atoms with Crippen molar-refractivity contribution in [2.75, 3.05) is 11.9 Å². The number of rotatable bonds is 5. The van der Waals surface area contributed by atoms with Crippen molar-refractivity contribution in [1.82, 2.24) is 9.55 Å². The van der Waals surface area contributed by atoms with E-state index in [0.29, 0.717) is 28.7 Å². The summed E-state index contributed by atoms with van der Waals surface area (Å²) in [7, 11) is 0. The summed E-state index contributed by atoms with van der Waals surface area (Å²) in [4.78, 5) is 28.1. The van der Waals surface area contributed by atoms with Crippen LogP contribution in [0.5, 0.6) is 0 Å². The van der Waals surface area contributed by atoms with Crippen LogP contribution in [-0.2, 0) is 16.1 Å². The van der Waals surface area contributed by atoms with Crippen molar-refractivity contribution >= 4 is 29.3 Å². The number of nitrogens with one attached hydrogen (secondary N) is 1. The van der Waals surface area contributed by atoms with E-state index in [2.05, 4.69) is 10.3 Å². The molecule has 0 aliphatic carbocycles. The average Bonchev–Trinajstić information content (AvgIpc) is 2.78. The van der Waals surface area contributed by atoms with Crippen LogP contribution < -0.4 is 5.32 Å². The zero-order chi connectivity index (χ0) is 17.0. The number of hydrogen-bond acceptors (Lipinski definition) is 4. The summed E-state index contributed by atoms with van der Waals surface area (Å²) in [5.41, 5.74) is 1.98. The Morgan fingerprint density at radius 1 is 1.35 bits per heavy atom. The maximum absolute atomic E-state index is 12.2. The molecule has 0 spiro atoms. The zero-order valence-electron chi connectivity index (χ0n) is 13.2. The molecule has 2 heterocycles. The maximum atomic E-state index is 12.2. The van der Waals surface area contributed by atoms with Crippen LogP contribution in [0.1, 0.15) is 28.7 Å². The molecule has 1 N–H and O–H groups in total. The second kappa shape index (κ2) is 7.28. The van der Waals surface area contributed by atoms with Gasteiger partial charge in [0.25, 0.3) is 0 Å². The quantitative estimate of drug-likeness (QED) is 0.852. The molecule has 2 rings (SSSR count).